The van der Waals surface area contributed by atoms with E-state index in [0.717, 1.165) is 16.9 Å². The van der Waals surface area contributed by atoms with Gasteiger partial charge in [-0.05, 0) is 55.3 Å². The Balaban J connectivity index is 1.99. The molecule has 0 atom stereocenters. The van der Waals surface area contributed by atoms with Crippen LogP contribution >= 0.6 is 11.3 Å². The summed E-state index contributed by atoms with van der Waals surface area (Å²) in [7, 11) is -3.99. The molecule has 0 bridgehead atoms. The predicted octanol–water partition coefficient (Wildman–Crippen LogP) is 4.24. The van der Waals surface area contributed by atoms with Crippen molar-refractivity contribution in [1.29, 1.82) is 0 Å². The van der Waals surface area contributed by atoms with Crippen LogP contribution in [-0.4, -0.2) is 31.8 Å². The third-order valence-electron chi connectivity index (χ3n) is 4.63. The molecule has 2 aromatic carbocycles. The first-order chi connectivity index (χ1) is 15.9. The molecule has 0 aliphatic carbocycles. The first-order valence-electron chi connectivity index (χ1n) is 10.1. The van der Waals surface area contributed by atoms with E-state index in [1.165, 1.54) is 43.3 Å². The van der Waals surface area contributed by atoms with Crippen LogP contribution in [0.15, 0.2) is 63.2 Å². The monoisotopic (exact) mass is 513 g/mol. The molecule has 0 unspecified atom stereocenters. The molecule has 0 saturated carbocycles. The standard InChI is InChI=1S/C22H22F3N3O4S2/c1-15-4-10-19(11-5-15)34(30,31)27-21-28(13-3-12-26-16(2)29)20(14-33-21)17-6-8-18(9-7-17)32-22(23,24)25/h4-11,14H,3,12-13H2,1-2H3,(H,26,29)/b27-21-. The van der Waals surface area contributed by atoms with Gasteiger partial charge in [-0.15, -0.1) is 28.9 Å². The van der Waals surface area contributed by atoms with E-state index in [1.807, 2.05) is 6.92 Å². The van der Waals surface area contributed by atoms with Gasteiger partial charge in [0.2, 0.25) is 10.7 Å². The summed E-state index contributed by atoms with van der Waals surface area (Å²) in [5.41, 5.74) is 2.03. The second-order valence-electron chi connectivity index (χ2n) is 7.34. The zero-order valence-corrected chi connectivity index (χ0v) is 19.9. The van der Waals surface area contributed by atoms with E-state index in [1.54, 1.807) is 22.1 Å². The number of hydrogen-bond acceptors (Lipinski definition) is 5. The molecule has 1 aromatic heterocycles. The van der Waals surface area contributed by atoms with Crippen LogP contribution in [0.5, 0.6) is 5.75 Å². The van der Waals surface area contributed by atoms with Gasteiger partial charge in [0.15, 0.2) is 0 Å². The van der Waals surface area contributed by atoms with Crippen molar-refractivity contribution in [2.24, 2.45) is 4.40 Å². The third kappa shape index (κ3) is 6.94. The van der Waals surface area contributed by atoms with Crippen molar-refractivity contribution in [3.8, 4) is 17.0 Å². The molecular formula is C22H22F3N3O4S2. The fourth-order valence-electron chi connectivity index (χ4n) is 3.04. The number of nitrogens with zero attached hydrogens (tertiary/aromatic N) is 2. The minimum Gasteiger partial charge on any atom is -0.406 e. The lowest BCUT2D eigenvalue weighted by molar-refractivity contribution is -0.274. The molecule has 34 heavy (non-hydrogen) atoms. The lowest BCUT2D eigenvalue weighted by Crippen LogP contribution is -2.24. The summed E-state index contributed by atoms with van der Waals surface area (Å²) in [6.45, 7) is 3.91. The quantitative estimate of drug-likeness (QED) is 0.457. The average Bonchev–Trinajstić information content (AvgIpc) is 3.12. The Morgan fingerprint density at radius 2 is 1.76 bits per heavy atom. The highest BCUT2D eigenvalue weighted by atomic mass is 32.2. The zero-order valence-electron chi connectivity index (χ0n) is 18.3. The number of hydrogen-bond donors (Lipinski definition) is 1. The number of benzene rings is 2. The summed E-state index contributed by atoms with van der Waals surface area (Å²) >= 11 is 1.09. The minimum absolute atomic E-state index is 0.0477. The number of rotatable bonds is 8. The van der Waals surface area contributed by atoms with Crippen molar-refractivity contribution < 1.29 is 31.1 Å². The van der Waals surface area contributed by atoms with Crippen LogP contribution in [0, 0.1) is 6.92 Å². The second kappa shape index (κ2) is 10.4. The number of carbonyl (C=O) groups excluding carboxylic acids is 1. The van der Waals surface area contributed by atoms with Gasteiger partial charge in [0.25, 0.3) is 10.0 Å². The molecule has 1 amide bonds. The van der Waals surface area contributed by atoms with Gasteiger partial charge in [-0.25, -0.2) is 0 Å². The van der Waals surface area contributed by atoms with Crippen molar-refractivity contribution in [3.63, 3.8) is 0 Å². The molecule has 1 heterocycles. The first kappa shape index (κ1) is 25.5. The largest absolute Gasteiger partial charge is 0.573 e. The zero-order chi connectivity index (χ0) is 24.9. The van der Waals surface area contributed by atoms with E-state index in [-0.39, 0.29) is 21.4 Å². The van der Waals surface area contributed by atoms with Gasteiger partial charge in [-0.2, -0.15) is 8.42 Å². The van der Waals surface area contributed by atoms with Gasteiger partial charge in [0.1, 0.15) is 5.75 Å². The van der Waals surface area contributed by atoms with Crippen LogP contribution in [0.3, 0.4) is 0 Å². The molecule has 0 fully saturated rings. The van der Waals surface area contributed by atoms with Crippen LogP contribution in [0.25, 0.3) is 11.3 Å². The number of aryl methyl sites for hydroxylation is 1. The minimum atomic E-state index is -4.80. The SMILES string of the molecule is CC(=O)NCCCn1c(-c2ccc(OC(F)(F)F)cc2)cs/c1=N\S(=O)(=O)c1ccc(C)cc1. The Morgan fingerprint density at radius 1 is 1.12 bits per heavy atom. The van der Waals surface area contributed by atoms with Gasteiger partial charge in [0.05, 0.1) is 10.6 Å². The van der Waals surface area contributed by atoms with E-state index in [9.17, 15) is 26.4 Å². The fourth-order valence-corrected chi connectivity index (χ4v) is 5.20. The molecule has 0 aliphatic heterocycles. The topological polar surface area (TPSA) is 89.8 Å². The Kier molecular flexibility index (Phi) is 7.82. The molecule has 0 spiro atoms. The fraction of sp³-hybridized carbons (Fsp3) is 0.273. The maximum atomic E-state index is 12.9. The van der Waals surface area contributed by atoms with Gasteiger partial charge < -0.3 is 14.6 Å². The average molecular weight is 514 g/mol. The number of alkyl halides is 3. The molecule has 182 valence electrons. The molecule has 0 saturated heterocycles. The number of halogens is 3. The van der Waals surface area contributed by atoms with Gasteiger partial charge in [-0.3, -0.25) is 4.79 Å². The smallest absolute Gasteiger partial charge is 0.406 e. The highest BCUT2D eigenvalue weighted by Gasteiger charge is 2.31. The van der Waals surface area contributed by atoms with Crippen LogP contribution in [0.2, 0.25) is 0 Å². The Bertz CT molecular complexity index is 1310. The van der Waals surface area contributed by atoms with Gasteiger partial charge >= 0.3 is 6.36 Å². The number of amides is 1. The Hall–Kier alpha value is -3.12. The van der Waals surface area contributed by atoms with Crippen LogP contribution in [-0.2, 0) is 21.4 Å². The molecule has 3 aromatic rings. The second-order valence-corrected chi connectivity index (χ2v) is 9.78. The molecule has 3 rings (SSSR count). The molecule has 0 aliphatic rings. The molecule has 7 nitrogen and oxygen atoms in total. The normalized spacial score (nSPS) is 12.6. The van der Waals surface area contributed by atoms with Gasteiger partial charge in [-0.1, -0.05) is 17.7 Å². The van der Waals surface area contributed by atoms with E-state index >= 15 is 0 Å². The predicted molar refractivity (Wildman–Crippen MR) is 122 cm³/mol. The van der Waals surface area contributed by atoms with E-state index < -0.39 is 16.4 Å². The van der Waals surface area contributed by atoms with E-state index in [2.05, 4.69) is 14.5 Å². The van der Waals surface area contributed by atoms with Crippen molar-refractivity contribution in [2.45, 2.75) is 38.1 Å². The molecule has 12 heteroatoms. The Morgan fingerprint density at radius 3 is 2.35 bits per heavy atom. The summed E-state index contributed by atoms with van der Waals surface area (Å²) in [6.07, 6.45) is -4.32. The van der Waals surface area contributed by atoms with Crippen molar-refractivity contribution in [2.75, 3.05) is 6.54 Å². The number of sulfonamides is 1. The van der Waals surface area contributed by atoms with Crippen molar-refractivity contribution in [1.82, 2.24) is 9.88 Å². The van der Waals surface area contributed by atoms with Crippen LogP contribution in [0.1, 0.15) is 18.9 Å². The number of aromatic nitrogens is 1. The van der Waals surface area contributed by atoms with Crippen LogP contribution in [0.4, 0.5) is 13.2 Å². The highest BCUT2D eigenvalue weighted by Crippen LogP contribution is 2.27. The molecular weight excluding hydrogens is 491 g/mol. The van der Waals surface area contributed by atoms with Crippen molar-refractivity contribution >= 4 is 27.3 Å². The maximum absolute atomic E-state index is 12.9. The summed E-state index contributed by atoms with van der Waals surface area (Å²) in [6, 6.07) is 11.6. The lowest BCUT2D eigenvalue weighted by Gasteiger charge is -2.11. The first-order valence-corrected chi connectivity index (χ1v) is 12.4. The summed E-state index contributed by atoms with van der Waals surface area (Å²) in [5, 5.41) is 4.36. The maximum Gasteiger partial charge on any atom is 0.573 e. The molecule has 1 N–H and O–H groups in total. The van der Waals surface area contributed by atoms with Crippen molar-refractivity contribution in [3.05, 3.63) is 64.3 Å². The molecule has 0 radical (unpaired) electrons. The van der Waals surface area contributed by atoms with Gasteiger partial charge in [0, 0.05) is 25.4 Å². The highest BCUT2D eigenvalue weighted by molar-refractivity contribution is 7.90. The summed E-state index contributed by atoms with van der Waals surface area (Å²) in [5.74, 6) is -0.557. The van der Waals surface area contributed by atoms with E-state index in [4.69, 9.17) is 0 Å². The number of nitrogens with one attached hydrogen (secondary N) is 1. The third-order valence-corrected chi connectivity index (χ3v) is 6.89. The number of thiazole rings is 1. The van der Waals surface area contributed by atoms with E-state index in [0.29, 0.717) is 30.8 Å². The Labute approximate surface area is 198 Å². The number of carbonyl (C=O) groups is 1. The van der Waals surface area contributed by atoms with Crippen LogP contribution < -0.4 is 14.9 Å². The summed E-state index contributed by atoms with van der Waals surface area (Å²) < 4.78 is 72.7. The number of ether oxygens (including phenoxy) is 1. The lowest BCUT2D eigenvalue weighted by atomic mass is 10.1. The summed E-state index contributed by atoms with van der Waals surface area (Å²) in [4.78, 5) is 11.4.